The first kappa shape index (κ1) is 16.9. The summed E-state index contributed by atoms with van der Waals surface area (Å²) in [7, 11) is 1.61. The molecule has 0 aliphatic rings. The van der Waals surface area contributed by atoms with Gasteiger partial charge >= 0.3 is 0 Å². The summed E-state index contributed by atoms with van der Waals surface area (Å²) in [6.07, 6.45) is 0.390. The maximum atomic E-state index is 12.0. The number of aryl methyl sites for hydroxylation is 2. The fourth-order valence-electron chi connectivity index (χ4n) is 2.37. The number of nitrogens with one attached hydrogen (secondary N) is 1. The van der Waals surface area contributed by atoms with Crippen molar-refractivity contribution in [3.8, 4) is 11.5 Å². The Morgan fingerprint density at radius 2 is 1.83 bits per heavy atom. The molecule has 4 nitrogen and oxygen atoms in total. The number of amides is 1. The van der Waals surface area contributed by atoms with Gasteiger partial charge in [0.05, 0.1) is 20.1 Å². The highest BCUT2D eigenvalue weighted by Gasteiger charge is 2.06. The molecule has 0 radical (unpaired) electrons. The molecule has 0 aliphatic carbocycles. The third-order valence-corrected chi connectivity index (χ3v) is 3.60. The van der Waals surface area contributed by atoms with Crippen LogP contribution in [0.1, 0.15) is 16.7 Å². The molecule has 0 heterocycles. The van der Waals surface area contributed by atoms with Gasteiger partial charge in [0, 0.05) is 0 Å². The number of carbonyl (C=O) groups is 1. The Hall–Kier alpha value is -2.49. The lowest BCUT2D eigenvalue weighted by molar-refractivity contribution is -0.120. The molecule has 0 saturated heterocycles. The zero-order chi connectivity index (χ0) is 16.7. The maximum Gasteiger partial charge on any atom is 0.224 e. The first-order chi connectivity index (χ1) is 11.1. The van der Waals surface area contributed by atoms with E-state index in [4.69, 9.17) is 9.47 Å². The van der Waals surface area contributed by atoms with Gasteiger partial charge in [-0.2, -0.15) is 0 Å². The molecule has 0 unspecified atom stereocenters. The number of benzene rings is 2. The zero-order valence-corrected chi connectivity index (χ0v) is 13.9. The molecule has 23 heavy (non-hydrogen) atoms. The molecule has 0 fully saturated rings. The van der Waals surface area contributed by atoms with Crippen LogP contribution in [0.5, 0.6) is 11.5 Å². The van der Waals surface area contributed by atoms with E-state index in [0.29, 0.717) is 31.1 Å². The van der Waals surface area contributed by atoms with Crippen molar-refractivity contribution in [3.63, 3.8) is 0 Å². The maximum absolute atomic E-state index is 12.0. The molecule has 1 N–H and O–H groups in total. The van der Waals surface area contributed by atoms with Crippen LogP contribution in [0.2, 0.25) is 0 Å². The standard InChI is InChI=1S/C19H23NO3/c1-14-8-9-16(15(2)12-14)13-19(21)20-10-11-23-18-7-5-4-6-17(18)22-3/h4-9,12H,10-11,13H2,1-3H3,(H,20,21). The van der Waals surface area contributed by atoms with Gasteiger partial charge in [0.2, 0.25) is 5.91 Å². The van der Waals surface area contributed by atoms with Crippen molar-refractivity contribution in [2.45, 2.75) is 20.3 Å². The van der Waals surface area contributed by atoms with Crippen molar-refractivity contribution >= 4 is 5.91 Å². The quantitative estimate of drug-likeness (QED) is 0.799. The van der Waals surface area contributed by atoms with E-state index in [1.54, 1.807) is 7.11 Å². The molecular weight excluding hydrogens is 290 g/mol. The van der Waals surface area contributed by atoms with Gasteiger partial charge in [-0.05, 0) is 37.1 Å². The average Bonchev–Trinajstić information content (AvgIpc) is 2.54. The van der Waals surface area contributed by atoms with E-state index in [0.717, 1.165) is 11.1 Å². The van der Waals surface area contributed by atoms with Gasteiger partial charge in [-0.1, -0.05) is 35.9 Å². The minimum Gasteiger partial charge on any atom is -0.493 e. The van der Waals surface area contributed by atoms with Crippen molar-refractivity contribution in [1.29, 1.82) is 0 Å². The highest BCUT2D eigenvalue weighted by atomic mass is 16.5. The van der Waals surface area contributed by atoms with Crippen LogP contribution in [-0.2, 0) is 11.2 Å². The number of carbonyl (C=O) groups excluding carboxylic acids is 1. The zero-order valence-electron chi connectivity index (χ0n) is 13.9. The summed E-state index contributed by atoms with van der Waals surface area (Å²) in [6.45, 7) is 4.94. The largest absolute Gasteiger partial charge is 0.493 e. The summed E-state index contributed by atoms with van der Waals surface area (Å²) in [6, 6.07) is 13.6. The van der Waals surface area contributed by atoms with Crippen molar-refractivity contribution in [1.82, 2.24) is 5.32 Å². The second-order valence-corrected chi connectivity index (χ2v) is 5.46. The smallest absolute Gasteiger partial charge is 0.224 e. The van der Waals surface area contributed by atoms with Gasteiger partial charge in [-0.3, -0.25) is 4.79 Å². The predicted molar refractivity (Wildman–Crippen MR) is 91.1 cm³/mol. The van der Waals surface area contributed by atoms with Crippen LogP contribution in [0.15, 0.2) is 42.5 Å². The molecule has 2 aromatic carbocycles. The van der Waals surface area contributed by atoms with Gasteiger partial charge in [0.25, 0.3) is 0 Å². The molecule has 0 aliphatic heterocycles. The van der Waals surface area contributed by atoms with Gasteiger partial charge in [0.1, 0.15) is 6.61 Å². The summed E-state index contributed by atoms with van der Waals surface area (Å²) in [5, 5.41) is 2.88. The third-order valence-electron chi connectivity index (χ3n) is 3.60. The van der Waals surface area contributed by atoms with Crippen molar-refractivity contribution in [3.05, 3.63) is 59.2 Å². The summed E-state index contributed by atoms with van der Waals surface area (Å²) in [5.41, 5.74) is 3.40. The van der Waals surface area contributed by atoms with E-state index in [-0.39, 0.29) is 5.91 Å². The van der Waals surface area contributed by atoms with Crippen LogP contribution in [0, 0.1) is 13.8 Å². The number of hydrogen-bond donors (Lipinski definition) is 1. The summed E-state index contributed by atoms with van der Waals surface area (Å²) < 4.78 is 10.8. The van der Waals surface area contributed by atoms with Crippen molar-refractivity contribution in [2.75, 3.05) is 20.3 Å². The Bertz CT molecular complexity index is 667. The molecule has 0 atom stereocenters. The minimum absolute atomic E-state index is 0.000537. The summed E-state index contributed by atoms with van der Waals surface area (Å²) in [4.78, 5) is 12.0. The van der Waals surface area contributed by atoms with Crippen LogP contribution in [-0.4, -0.2) is 26.2 Å². The molecule has 1 amide bonds. The number of hydrogen-bond acceptors (Lipinski definition) is 3. The van der Waals surface area contributed by atoms with Gasteiger partial charge in [-0.15, -0.1) is 0 Å². The molecule has 0 spiro atoms. The van der Waals surface area contributed by atoms with Crippen LogP contribution in [0.3, 0.4) is 0 Å². The first-order valence-electron chi connectivity index (χ1n) is 7.69. The summed E-state index contributed by atoms with van der Waals surface area (Å²) >= 11 is 0. The van der Waals surface area contributed by atoms with Crippen LogP contribution < -0.4 is 14.8 Å². The van der Waals surface area contributed by atoms with E-state index in [2.05, 4.69) is 11.4 Å². The van der Waals surface area contributed by atoms with Gasteiger partial charge in [0.15, 0.2) is 11.5 Å². The third kappa shape index (κ3) is 5.02. The second-order valence-electron chi connectivity index (χ2n) is 5.46. The summed E-state index contributed by atoms with van der Waals surface area (Å²) in [5.74, 6) is 1.37. The normalized spacial score (nSPS) is 10.2. The number of methoxy groups -OCH3 is 1. The molecule has 0 saturated carbocycles. The molecule has 2 rings (SSSR count). The monoisotopic (exact) mass is 313 g/mol. The molecule has 122 valence electrons. The van der Waals surface area contributed by atoms with Crippen LogP contribution in [0.25, 0.3) is 0 Å². The Balaban J connectivity index is 1.76. The molecule has 0 aromatic heterocycles. The lowest BCUT2D eigenvalue weighted by Crippen LogP contribution is -2.29. The minimum atomic E-state index is 0.000537. The SMILES string of the molecule is COc1ccccc1OCCNC(=O)Cc1ccc(C)cc1C. The lowest BCUT2D eigenvalue weighted by atomic mass is 10.0. The van der Waals surface area contributed by atoms with Crippen molar-refractivity contribution < 1.29 is 14.3 Å². The second kappa shape index (κ2) is 8.22. The first-order valence-corrected chi connectivity index (χ1v) is 7.69. The van der Waals surface area contributed by atoms with E-state index in [9.17, 15) is 4.79 Å². The number of ether oxygens (including phenoxy) is 2. The van der Waals surface area contributed by atoms with E-state index in [1.807, 2.05) is 50.2 Å². The molecule has 4 heteroatoms. The van der Waals surface area contributed by atoms with Gasteiger partial charge in [-0.25, -0.2) is 0 Å². The molecule has 2 aromatic rings. The van der Waals surface area contributed by atoms with E-state index >= 15 is 0 Å². The van der Waals surface area contributed by atoms with Crippen molar-refractivity contribution in [2.24, 2.45) is 0 Å². The van der Waals surface area contributed by atoms with Crippen LogP contribution >= 0.6 is 0 Å². The Morgan fingerprint density at radius 3 is 2.52 bits per heavy atom. The number of para-hydroxylation sites is 2. The highest BCUT2D eigenvalue weighted by molar-refractivity contribution is 5.78. The number of rotatable bonds is 7. The van der Waals surface area contributed by atoms with E-state index < -0.39 is 0 Å². The predicted octanol–water partition coefficient (Wildman–Crippen LogP) is 3.05. The fraction of sp³-hybridized carbons (Fsp3) is 0.316. The van der Waals surface area contributed by atoms with Crippen LogP contribution in [0.4, 0.5) is 0 Å². The Kier molecular flexibility index (Phi) is 6.03. The molecular formula is C19H23NO3. The highest BCUT2D eigenvalue weighted by Crippen LogP contribution is 2.25. The van der Waals surface area contributed by atoms with E-state index in [1.165, 1.54) is 5.56 Å². The topological polar surface area (TPSA) is 47.6 Å². The van der Waals surface area contributed by atoms with Gasteiger partial charge < -0.3 is 14.8 Å². The lowest BCUT2D eigenvalue weighted by Gasteiger charge is -2.11. The fourth-order valence-corrected chi connectivity index (χ4v) is 2.37. The Morgan fingerprint density at radius 1 is 1.09 bits per heavy atom. The average molecular weight is 313 g/mol. The Labute approximate surface area is 137 Å². The molecule has 0 bridgehead atoms.